The molecule has 4 nitrogen and oxygen atoms in total. The van der Waals surface area contributed by atoms with Gasteiger partial charge in [-0.25, -0.2) is 0 Å². The maximum atomic E-state index is 11.8. The number of nitrogens with zero attached hydrogens (tertiary/aromatic N) is 1. The lowest BCUT2D eigenvalue weighted by atomic mass is 9.87. The van der Waals surface area contributed by atoms with E-state index in [1.807, 2.05) is 66.7 Å². The van der Waals surface area contributed by atoms with Gasteiger partial charge in [-0.15, -0.1) is 0 Å². The largest absolute Gasteiger partial charge is 0.497 e. The van der Waals surface area contributed by atoms with Crippen molar-refractivity contribution in [3.05, 3.63) is 88.4 Å². The molecule has 28 heavy (non-hydrogen) atoms. The number of methoxy groups -OCH3 is 2. The van der Waals surface area contributed by atoms with Crippen molar-refractivity contribution in [3.8, 4) is 11.5 Å². The Labute approximate surface area is 169 Å². The molecule has 0 radical (unpaired) electrons. The van der Waals surface area contributed by atoms with Crippen LogP contribution in [0.2, 0.25) is 5.02 Å². The van der Waals surface area contributed by atoms with Crippen molar-refractivity contribution in [2.24, 2.45) is 0 Å². The van der Waals surface area contributed by atoms with E-state index in [1.54, 1.807) is 14.2 Å². The highest BCUT2D eigenvalue weighted by Crippen LogP contribution is 2.47. The first-order valence-electron chi connectivity index (χ1n) is 9.09. The van der Waals surface area contributed by atoms with Crippen LogP contribution in [0.5, 0.6) is 11.5 Å². The molecule has 1 aliphatic rings. The normalized spacial score (nSPS) is 18.1. The second kappa shape index (κ2) is 7.38. The molecule has 0 bridgehead atoms. The lowest BCUT2D eigenvalue weighted by Gasteiger charge is -2.27. The molecule has 5 heteroatoms. The fourth-order valence-electron chi connectivity index (χ4n) is 3.86. The molecule has 3 aromatic rings. The zero-order valence-electron chi connectivity index (χ0n) is 15.9. The summed E-state index contributed by atoms with van der Waals surface area (Å²) in [6.45, 7) is 1.08. The number of halogens is 1. The molecule has 1 N–H and O–H groups in total. The van der Waals surface area contributed by atoms with Gasteiger partial charge in [0.1, 0.15) is 17.1 Å². The second-order valence-electron chi connectivity index (χ2n) is 6.93. The fraction of sp³-hybridized carbons (Fsp3) is 0.217. The van der Waals surface area contributed by atoms with E-state index in [-0.39, 0.29) is 0 Å². The van der Waals surface area contributed by atoms with E-state index in [9.17, 15) is 5.11 Å². The Balaban J connectivity index is 1.78. The minimum Gasteiger partial charge on any atom is -0.497 e. The Morgan fingerprint density at radius 2 is 1.71 bits per heavy atom. The average molecular weight is 396 g/mol. The standard InChI is InChI=1S/C23H22ClNO3/c1-27-18-11-12-22(28-2)20(13-18)23(26)15-25(21-6-4-3-5-19(21)23)14-16-7-9-17(24)10-8-16/h3-13,26H,14-15H2,1-2H3. The Morgan fingerprint density at radius 3 is 2.43 bits per heavy atom. The number of para-hydroxylation sites is 1. The van der Waals surface area contributed by atoms with Crippen LogP contribution in [0, 0.1) is 0 Å². The minimum atomic E-state index is -1.21. The molecule has 1 atom stereocenters. The Kier molecular flexibility index (Phi) is 4.92. The summed E-state index contributed by atoms with van der Waals surface area (Å²) in [6.07, 6.45) is 0. The van der Waals surface area contributed by atoms with Crippen molar-refractivity contribution in [1.82, 2.24) is 0 Å². The van der Waals surface area contributed by atoms with Gasteiger partial charge < -0.3 is 19.5 Å². The topological polar surface area (TPSA) is 41.9 Å². The summed E-state index contributed by atoms with van der Waals surface area (Å²) < 4.78 is 10.9. The monoisotopic (exact) mass is 395 g/mol. The van der Waals surface area contributed by atoms with Gasteiger partial charge in [0.25, 0.3) is 0 Å². The third kappa shape index (κ3) is 3.19. The van der Waals surface area contributed by atoms with Crippen molar-refractivity contribution in [1.29, 1.82) is 0 Å². The number of ether oxygens (including phenoxy) is 2. The molecule has 1 unspecified atom stereocenters. The van der Waals surface area contributed by atoms with Crippen molar-refractivity contribution in [3.63, 3.8) is 0 Å². The predicted octanol–water partition coefficient (Wildman–Crippen LogP) is 4.61. The highest BCUT2D eigenvalue weighted by molar-refractivity contribution is 6.30. The molecule has 0 amide bonds. The van der Waals surface area contributed by atoms with Gasteiger partial charge in [-0.3, -0.25) is 0 Å². The number of rotatable bonds is 5. The van der Waals surface area contributed by atoms with E-state index in [0.29, 0.717) is 35.2 Å². The molecular weight excluding hydrogens is 374 g/mol. The van der Waals surface area contributed by atoms with Crippen molar-refractivity contribution >= 4 is 17.3 Å². The highest BCUT2D eigenvalue weighted by Gasteiger charge is 2.44. The molecule has 0 saturated heterocycles. The van der Waals surface area contributed by atoms with Gasteiger partial charge in [0.15, 0.2) is 0 Å². The van der Waals surface area contributed by atoms with E-state index in [0.717, 1.165) is 16.8 Å². The van der Waals surface area contributed by atoms with E-state index in [4.69, 9.17) is 21.1 Å². The quantitative estimate of drug-likeness (QED) is 0.684. The highest BCUT2D eigenvalue weighted by atomic mass is 35.5. The maximum absolute atomic E-state index is 11.8. The second-order valence-corrected chi connectivity index (χ2v) is 7.36. The van der Waals surface area contributed by atoms with Gasteiger partial charge in [0, 0.05) is 28.4 Å². The predicted molar refractivity (Wildman–Crippen MR) is 111 cm³/mol. The summed E-state index contributed by atoms with van der Waals surface area (Å²) in [5.74, 6) is 1.31. The van der Waals surface area contributed by atoms with Gasteiger partial charge in [-0.2, -0.15) is 0 Å². The van der Waals surface area contributed by atoms with Crippen LogP contribution in [-0.2, 0) is 12.1 Å². The Bertz CT molecular complexity index is 989. The van der Waals surface area contributed by atoms with Crippen LogP contribution in [0.1, 0.15) is 16.7 Å². The molecule has 0 aromatic heterocycles. The number of anilines is 1. The van der Waals surface area contributed by atoms with Gasteiger partial charge in [0.05, 0.1) is 20.8 Å². The first-order valence-corrected chi connectivity index (χ1v) is 9.47. The molecular formula is C23H22ClNO3. The van der Waals surface area contributed by atoms with E-state index in [2.05, 4.69) is 4.90 Å². The fourth-order valence-corrected chi connectivity index (χ4v) is 3.99. The lowest BCUT2D eigenvalue weighted by molar-refractivity contribution is 0.0943. The molecule has 3 aromatic carbocycles. The average Bonchev–Trinajstić information content (AvgIpc) is 3.02. The van der Waals surface area contributed by atoms with Crippen LogP contribution >= 0.6 is 11.6 Å². The van der Waals surface area contributed by atoms with E-state index in [1.165, 1.54) is 0 Å². The minimum absolute atomic E-state index is 0.415. The molecule has 1 heterocycles. The SMILES string of the molecule is COc1ccc(OC)c(C2(O)CN(Cc3ccc(Cl)cc3)c3ccccc32)c1. The maximum Gasteiger partial charge on any atom is 0.138 e. The summed E-state index contributed by atoms with van der Waals surface area (Å²) in [7, 11) is 3.23. The Morgan fingerprint density at radius 1 is 0.964 bits per heavy atom. The zero-order chi connectivity index (χ0) is 19.7. The number of aliphatic hydroxyl groups is 1. The van der Waals surface area contributed by atoms with Gasteiger partial charge >= 0.3 is 0 Å². The van der Waals surface area contributed by atoms with Crippen LogP contribution in [0.25, 0.3) is 0 Å². The van der Waals surface area contributed by atoms with Crippen LogP contribution in [-0.4, -0.2) is 25.9 Å². The Hall–Kier alpha value is -2.69. The number of fused-ring (bicyclic) bond motifs is 1. The van der Waals surface area contributed by atoms with Gasteiger partial charge in [-0.05, 0) is 42.0 Å². The molecule has 0 fully saturated rings. The van der Waals surface area contributed by atoms with E-state index < -0.39 is 5.60 Å². The van der Waals surface area contributed by atoms with Crippen molar-refractivity contribution in [2.75, 3.05) is 25.7 Å². The summed E-state index contributed by atoms with van der Waals surface area (Å²) >= 11 is 6.02. The van der Waals surface area contributed by atoms with Gasteiger partial charge in [-0.1, -0.05) is 41.9 Å². The smallest absolute Gasteiger partial charge is 0.138 e. The van der Waals surface area contributed by atoms with Gasteiger partial charge in [0.2, 0.25) is 0 Å². The zero-order valence-corrected chi connectivity index (χ0v) is 16.6. The molecule has 144 valence electrons. The number of hydrogen-bond donors (Lipinski definition) is 1. The lowest BCUT2D eigenvalue weighted by Crippen LogP contribution is -2.34. The molecule has 0 aliphatic carbocycles. The van der Waals surface area contributed by atoms with E-state index >= 15 is 0 Å². The molecule has 0 spiro atoms. The first-order chi connectivity index (χ1) is 13.5. The summed E-state index contributed by atoms with van der Waals surface area (Å²) in [5, 5.41) is 12.6. The third-order valence-corrected chi connectivity index (χ3v) is 5.50. The first kappa shape index (κ1) is 18.7. The van der Waals surface area contributed by atoms with Crippen LogP contribution < -0.4 is 14.4 Å². The molecule has 1 aliphatic heterocycles. The molecule has 0 saturated carbocycles. The number of β-amino-alcohol motifs (C(OH)–C–C–N with tert-alkyl or cyclic N) is 1. The third-order valence-electron chi connectivity index (χ3n) is 5.25. The van der Waals surface area contributed by atoms with Crippen molar-refractivity contribution in [2.45, 2.75) is 12.1 Å². The van der Waals surface area contributed by atoms with Crippen LogP contribution in [0.3, 0.4) is 0 Å². The number of hydrogen-bond acceptors (Lipinski definition) is 4. The summed E-state index contributed by atoms with van der Waals surface area (Å²) in [6, 6.07) is 21.2. The number of benzene rings is 3. The van der Waals surface area contributed by atoms with Crippen LogP contribution in [0.15, 0.2) is 66.7 Å². The summed E-state index contributed by atoms with van der Waals surface area (Å²) in [5.41, 5.74) is 2.48. The summed E-state index contributed by atoms with van der Waals surface area (Å²) in [4.78, 5) is 2.18. The molecule has 4 rings (SSSR count). The van der Waals surface area contributed by atoms with Crippen molar-refractivity contribution < 1.29 is 14.6 Å². The van der Waals surface area contributed by atoms with Crippen LogP contribution in [0.4, 0.5) is 5.69 Å².